The fraction of sp³-hybridized carbons (Fsp3) is 0.783. The predicted octanol–water partition coefficient (Wildman–Crippen LogP) is 3.66. The van der Waals surface area contributed by atoms with Crippen molar-refractivity contribution in [3.8, 4) is 0 Å². The van der Waals surface area contributed by atoms with E-state index in [9.17, 15) is 52.7 Å². The summed E-state index contributed by atoms with van der Waals surface area (Å²) in [6.07, 6.45) is 5.85. The highest BCUT2D eigenvalue weighted by atomic mass is 16.2. The highest BCUT2D eigenvalue weighted by Gasteiger charge is 2.43. The first-order valence-corrected chi connectivity index (χ1v) is 29.7. The fourth-order valence-electron chi connectivity index (χ4n) is 10.5. The van der Waals surface area contributed by atoms with Crippen molar-refractivity contribution in [1.29, 1.82) is 0 Å². The van der Waals surface area contributed by atoms with E-state index in [4.69, 9.17) is 0 Å². The van der Waals surface area contributed by atoms with E-state index >= 15 is 0 Å². The molecule has 1 rings (SSSR count). The summed E-state index contributed by atoms with van der Waals surface area (Å²) in [6, 6.07) is -10.2. The third kappa shape index (κ3) is 21.3. The van der Waals surface area contributed by atoms with Crippen LogP contribution in [-0.4, -0.2) is 216 Å². The van der Waals surface area contributed by atoms with Crippen molar-refractivity contribution < 1.29 is 52.7 Å². The van der Waals surface area contributed by atoms with Crippen LogP contribution in [-0.2, 0) is 52.7 Å². The van der Waals surface area contributed by atoms with Crippen LogP contribution in [0.3, 0.4) is 0 Å². The Labute approximate surface area is 491 Å². The van der Waals surface area contributed by atoms with E-state index in [1.54, 1.807) is 13.8 Å². The largest absolute Gasteiger partial charge is 0.343 e. The van der Waals surface area contributed by atoms with E-state index in [2.05, 4.69) is 21.3 Å². The van der Waals surface area contributed by atoms with Crippen LogP contribution in [0, 0.1) is 35.5 Å². The second-order valence-corrected chi connectivity index (χ2v) is 24.5. The minimum atomic E-state index is -1.20. The predicted molar refractivity (Wildman–Crippen MR) is 318 cm³/mol. The first kappa shape index (κ1) is 73.9. The zero-order valence-corrected chi connectivity index (χ0v) is 54.0. The van der Waals surface area contributed by atoms with E-state index < -0.39 is 138 Å². The van der Waals surface area contributed by atoms with Crippen LogP contribution in [0.25, 0.3) is 0 Å². The maximum atomic E-state index is 15.0. The zero-order chi connectivity index (χ0) is 63.4. The first-order chi connectivity index (χ1) is 38.0. The molecule has 0 aromatic carbocycles. The lowest BCUT2D eigenvalue weighted by molar-refractivity contribution is -0.154. The average molecular weight is 1160 g/mol. The van der Waals surface area contributed by atoms with Gasteiger partial charge in [-0.05, 0) is 101 Å². The molecular weight excluding hydrogens is 1050 g/mol. The molecule has 1 aliphatic heterocycles. The van der Waals surface area contributed by atoms with Crippen molar-refractivity contribution in [3.63, 3.8) is 0 Å². The van der Waals surface area contributed by atoms with Crippen LogP contribution in [0.15, 0.2) is 12.2 Å². The number of hydrogen-bond acceptors (Lipinski definition) is 11. The second-order valence-electron chi connectivity index (χ2n) is 24.5. The van der Waals surface area contributed by atoms with Crippen molar-refractivity contribution >= 4 is 65.0 Å². The lowest BCUT2D eigenvalue weighted by Gasteiger charge is -2.41. The van der Waals surface area contributed by atoms with Crippen molar-refractivity contribution in [1.82, 2.24) is 55.6 Å². The Morgan fingerprint density at radius 3 is 1.27 bits per heavy atom. The van der Waals surface area contributed by atoms with E-state index in [0.29, 0.717) is 12.8 Å². The summed E-state index contributed by atoms with van der Waals surface area (Å²) < 4.78 is 0. The Morgan fingerprint density at radius 2 is 0.841 bits per heavy atom. The molecule has 22 heteroatoms. The molecule has 0 aromatic rings. The number of hydrogen-bond donors (Lipinski definition) is 4. The summed E-state index contributed by atoms with van der Waals surface area (Å²) in [6.45, 7) is 26.2. The lowest BCUT2D eigenvalue weighted by Crippen LogP contribution is -2.61. The molecule has 468 valence electrons. The molecule has 4 N–H and O–H groups in total. The number of amides is 11. The standard InChI is InChI=1S/C60H107N11O11/c1-23-27-28-39(13)32-47-55(77)63-43(25-3)57(79)65(16)33-49(72)67(18)45(29-35(5)6)54(76)64-44(26-4)58(80)69(20)46(30-36(7)8)53(75)61-40(14)52(74)62-41(15)56(78)70(21)48(31-37(9)10)59(81)71(22)51(42(24-2)38(11)12)60(82)66(17)34-50(73)68(47)19/h23,27,35-48,51H,24-26,28-34H2,1-22H3,(H,61,75)(H,62,74)(H,63,77)(H,64,76)/b27-23+/t39-,40+,41-,42?,43+,44+,45+,46+,47+,48+,51+/m1/s1. The van der Waals surface area contributed by atoms with E-state index in [-0.39, 0.29) is 68.1 Å². The fourth-order valence-corrected chi connectivity index (χ4v) is 10.5. The van der Waals surface area contributed by atoms with Gasteiger partial charge in [-0.25, -0.2) is 0 Å². The van der Waals surface area contributed by atoms with Gasteiger partial charge in [0.15, 0.2) is 0 Å². The average Bonchev–Trinajstić information content (AvgIpc) is 3.50. The van der Waals surface area contributed by atoms with Crippen molar-refractivity contribution in [2.24, 2.45) is 35.5 Å². The second kappa shape index (κ2) is 34.5. The third-order valence-electron chi connectivity index (χ3n) is 15.8. The van der Waals surface area contributed by atoms with Crippen LogP contribution in [0.5, 0.6) is 0 Å². The molecule has 0 aliphatic carbocycles. The van der Waals surface area contributed by atoms with Gasteiger partial charge in [0.1, 0.15) is 54.4 Å². The highest BCUT2D eigenvalue weighted by Crippen LogP contribution is 2.27. The molecule has 11 amide bonds. The molecule has 82 heavy (non-hydrogen) atoms. The zero-order valence-electron chi connectivity index (χ0n) is 54.0. The van der Waals surface area contributed by atoms with E-state index in [0.717, 1.165) is 0 Å². The molecule has 1 unspecified atom stereocenters. The molecule has 0 bridgehead atoms. The van der Waals surface area contributed by atoms with Gasteiger partial charge >= 0.3 is 0 Å². The van der Waals surface area contributed by atoms with E-state index in [1.165, 1.54) is 97.5 Å². The molecule has 0 saturated carbocycles. The quantitative estimate of drug-likeness (QED) is 0.172. The number of nitrogens with one attached hydrogen (secondary N) is 4. The molecule has 0 aromatic heterocycles. The molecule has 0 radical (unpaired) electrons. The summed E-state index contributed by atoms with van der Waals surface area (Å²) in [7, 11) is 10.2. The molecule has 1 saturated heterocycles. The molecular formula is C60H107N11O11. The molecule has 22 nitrogen and oxygen atoms in total. The smallest absolute Gasteiger partial charge is 0.245 e. The number of rotatable bonds is 15. The lowest BCUT2D eigenvalue weighted by atomic mass is 9.84. The van der Waals surface area contributed by atoms with Crippen LogP contribution >= 0.6 is 0 Å². The van der Waals surface area contributed by atoms with Gasteiger partial charge in [-0.2, -0.15) is 0 Å². The maximum absolute atomic E-state index is 15.0. The van der Waals surface area contributed by atoms with Gasteiger partial charge in [0.25, 0.3) is 0 Å². The first-order valence-electron chi connectivity index (χ1n) is 29.7. The number of carbonyl (C=O) groups is 11. The summed E-state index contributed by atoms with van der Waals surface area (Å²) >= 11 is 0. The number of likely N-dealkylation sites (N-methyl/N-ethyl adjacent to an activating group) is 7. The number of nitrogens with zero attached hydrogens (tertiary/aromatic N) is 7. The van der Waals surface area contributed by atoms with Gasteiger partial charge in [-0.15, -0.1) is 0 Å². The molecule has 1 aliphatic rings. The van der Waals surface area contributed by atoms with Gasteiger partial charge in [-0.3, -0.25) is 52.7 Å². The minimum absolute atomic E-state index is 0.104. The van der Waals surface area contributed by atoms with Gasteiger partial charge in [0.2, 0.25) is 65.0 Å². The van der Waals surface area contributed by atoms with Gasteiger partial charge in [0.05, 0.1) is 13.1 Å². The molecule has 11 atom stereocenters. The molecule has 1 fully saturated rings. The Morgan fingerprint density at radius 1 is 0.451 bits per heavy atom. The Hall–Kier alpha value is -6.09. The van der Waals surface area contributed by atoms with Crippen molar-refractivity contribution in [3.05, 3.63) is 12.2 Å². The summed E-state index contributed by atoms with van der Waals surface area (Å²) in [5.74, 6) is -7.68. The number of allylic oxidation sites excluding steroid dienone is 2. The molecule has 1 heterocycles. The van der Waals surface area contributed by atoms with Crippen LogP contribution < -0.4 is 21.3 Å². The van der Waals surface area contributed by atoms with E-state index in [1.807, 2.05) is 88.3 Å². The van der Waals surface area contributed by atoms with Gasteiger partial charge in [0, 0.05) is 49.3 Å². The summed E-state index contributed by atoms with van der Waals surface area (Å²) in [5.41, 5.74) is 0. The Balaban J connectivity index is 4.17. The van der Waals surface area contributed by atoms with Gasteiger partial charge < -0.3 is 55.6 Å². The van der Waals surface area contributed by atoms with Gasteiger partial charge in [-0.1, -0.05) is 102 Å². The van der Waals surface area contributed by atoms with Crippen molar-refractivity contribution in [2.75, 3.05) is 62.4 Å². The highest BCUT2D eigenvalue weighted by molar-refractivity contribution is 5.99. The Bertz CT molecular complexity index is 2220. The van der Waals surface area contributed by atoms with Crippen LogP contribution in [0.4, 0.5) is 0 Å². The summed E-state index contributed by atoms with van der Waals surface area (Å²) in [4.78, 5) is 167. The SMILES string of the molecule is C/C=C/C[C@@H](C)C[C@H]1C(=O)N[C@@H](CC)C(=O)N(C)CC(=O)N(C)[C@@H](CC(C)C)C(=O)N[C@@H](CC)C(=O)N(C)[C@@H](CC(C)C)C(=O)N[C@@H](C)C(=O)N[C@H](C)C(=O)N(C)[C@@H](CC(C)C)C(=O)N(C)[C@@H](C(CC)C(C)C)C(=O)N(C)CC(=O)N1C. The van der Waals surface area contributed by atoms with Crippen LogP contribution in [0.2, 0.25) is 0 Å². The normalized spacial score (nSPS) is 26.4. The third-order valence-corrected chi connectivity index (χ3v) is 15.8. The van der Waals surface area contributed by atoms with Crippen molar-refractivity contribution in [2.45, 2.75) is 210 Å². The molecule has 0 spiro atoms. The summed E-state index contributed by atoms with van der Waals surface area (Å²) in [5, 5.41) is 11.0. The Kier molecular flexibility index (Phi) is 31.1. The monoisotopic (exact) mass is 1160 g/mol. The number of carbonyl (C=O) groups excluding carboxylic acids is 11. The topological polar surface area (TPSA) is 259 Å². The van der Waals surface area contributed by atoms with Crippen LogP contribution in [0.1, 0.15) is 155 Å². The minimum Gasteiger partial charge on any atom is -0.343 e. The maximum Gasteiger partial charge on any atom is 0.245 e.